The summed E-state index contributed by atoms with van der Waals surface area (Å²) in [5, 5.41) is 12.0. The second-order valence-corrected chi connectivity index (χ2v) is 6.49. The van der Waals surface area contributed by atoms with Crippen LogP contribution in [-0.2, 0) is 6.42 Å². The molecular formula is C18H25N3O3. The fourth-order valence-electron chi connectivity index (χ4n) is 2.89. The SMILES string of the molecule is CCc1nc2c(OCC3CCC3)cccn2c1C(=O)N[C@@H](C)CO. The lowest BCUT2D eigenvalue weighted by Crippen LogP contribution is -2.36. The van der Waals surface area contributed by atoms with E-state index in [1.807, 2.05) is 25.3 Å². The molecule has 6 nitrogen and oxygen atoms in total. The van der Waals surface area contributed by atoms with E-state index in [-0.39, 0.29) is 18.6 Å². The molecule has 1 atom stereocenters. The van der Waals surface area contributed by atoms with Crippen molar-refractivity contribution in [1.29, 1.82) is 0 Å². The second-order valence-electron chi connectivity index (χ2n) is 6.49. The van der Waals surface area contributed by atoms with Crippen molar-refractivity contribution in [3.05, 3.63) is 29.7 Å². The van der Waals surface area contributed by atoms with Crippen molar-refractivity contribution in [3.8, 4) is 5.75 Å². The molecule has 2 N–H and O–H groups in total. The maximum Gasteiger partial charge on any atom is 0.270 e. The quantitative estimate of drug-likeness (QED) is 0.815. The van der Waals surface area contributed by atoms with Crippen LogP contribution in [0.1, 0.15) is 49.3 Å². The number of ether oxygens (including phenoxy) is 1. The van der Waals surface area contributed by atoms with Crippen molar-refractivity contribution in [2.45, 2.75) is 45.6 Å². The Bertz CT molecular complexity index is 722. The first kappa shape index (κ1) is 16.8. The Kier molecular flexibility index (Phi) is 5.04. The molecule has 0 radical (unpaired) electrons. The van der Waals surface area contributed by atoms with Crippen LogP contribution < -0.4 is 10.1 Å². The molecule has 2 aromatic rings. The van der Waals surface area contributed by atoms with Gasteiger partial charge in [0.2, 0.25) is 0 Å². The number of imidazole rings is 1. The van der Waals surface area contributed by atoms with E-state index in [4.69, 9.17) is 9.84 Å². The van der Waals surface area contributed by atoms with Gasteiger partial charge in [0.05, 0.1) is 18.9 Å². The largest absolute Gasteiger partial charge is 0.489 e. The molecule has 6 heteroatoms. The van der Waals surface area contributed by atoms with Crippen LogP contribution in [0.2, 0.25) is 0 Å². The number of rotatable bonds is 7. The number of aryl methyl sites for hydroxylation is 1. The highest BCUT2D eigenvalue weighted by Gasteiger charge is 2.22. The molecule has 0 aromatic carbocycles. The lowest BCUT2D eigenvalue weighted by molar-refractivity contribution is 0.0915. The topological polar surface area (TPSA) is 75.9 Å². The van der Waals surface area contributed by atoms with Gasteiger partial charge in [0.1, 0.15) is 5.69 Å². The highest BCUT2D eigenvalue weighted by Crippen LogP contribution is 2.29. The fraction of sp³-hybridized carbons (Fsp3) is 0.556. The van der Waals surface area contributed by atoms with E-state index in [1.54, 1.807) is 11.3 Å². The Morgan fingerprint density at radius 2 is 2.33 bits per heavy atom. The van der Waals surface area contributed by atoms with Crippen LogP contribution in [0, 0.1) is 5.92 Å². The lowest BCUT2D eigenvalue weighted by atomic mass is 9.86. The van der Waals surface area contributed by atoms with Gasteiger partial charge in [0.15, 0.2) is 11.4 Å². The van der Waals surface area contributed by atoms with Gasteiger partial charge in [-0.3, -0.25) is 9.20 Å². The van der Waals surface area contributed by atoms with Gasteiger partial charge in [0, 0.05) is 12.2 Å². The van der Waals surface area contributed by atoms with Crippen LogP contribution in [0.3, 0.4) is 0 Å². The predicted octanol–water partition coefficient (Wildman–Crippen LogP) is 2.19. The Hall–Kier alpha value is -2.08. The van der Waals surface area contributed by atoms with E-state index in [9.17, 15) is 4.79 Å². The summed E-state index contributed by atoms with van der Waals surface area (Å²) in [4.78, 5) is 17.2. The fourth-order valence-corrected chi connectivity index (χ4v) is 2.89. The zero-order chi connectivity index (χ0) is 17.1. The third-order valence-corrected chi connectivity index (χ3v) is 4.59. The summed E-state index contributed by atoms with van der Waals surface area (Å²) in [5.41, 5.74) is 1.93. The van der Waals surface area contributed by atoms with Gasteiger partial charge in [-0.2, -0.15) is 0 Å². The number of amides is 1. The van der Waals surface area contributed by atoms with E-state index in [1.165, 1.54) is 19.3 Å². The first-order valence-electron chi connectivity index (χ1n) is 8.68. The van der Waals surface area contributed by atoms with Crippen molar-refractivity contribution in [2.75, 3.05) is 13.2 Å². The van der Waals surface area contributed by atoms with Crippen molar-refractivity contribution in [2.24, 2.45) is 5.92 Å². The monoisotopic (exact) mass is 331 g/mol. The Morgan fingerprint density at radius 1 is 1.54 bits per heavy atom. The Balaban J connectivity index is 1.91. The smallest absolute Gasteiger partial charge is 0.270 e. The molecule has 0 unspecified atom stereocenters. The number of carbonyl (C=O) groups is 1. The minimum absolute atomic E-state index is 0.0975. The molecule has 1 saturated carbocycles. The van der Waals surface area contributed by atoms with Crippen LogP contribution in [0.5, 0.6) is 5.75 Å². The van der Waals surface area contributed by atoms with Crippen molar-refractivity contribution in [1.82, 2.24) is 14.7 Å². The summed E-state index contributed by atoms with van der Waals surface area (Å²) >= 11 is 0. The van der Waals surface area contributed by atoms with Gasteiger partial charge >= 0.3 is 0 Å². The number of fused-ring (bicyclic) bond motifs is 1. The third-order valence-electron chi connectivity index (χ3n) is 4.59. The number of carbonyl (C=O) groups excluding carboxylic acids is 1. The zero-order valence-corrected chi connectivity index (χ0v) is 14.3. The summed E-state index contributed by atoms with van der Waals surface area (Å²) in [5.74, 6) is 1.13. The third kappa shape index (κ3) is 3.24. The summed E-state index contributed by atoms with van der Waals surface area (Å²) in [6, 6.07) is 3.47. The molecule has 0 spiro atoms. The van der Waals surface area contributed by atoms with Crippen LogP contribution in [0.15, 0.2) is 18.3 Å². The number of hydrogen-bond donors (Lipinski definition) is 2. The van der Waals surface area contributed by atoms with Gasteiger partial charge < -0.3 is 15.2 Å². The molecule has 1 amide bonds. The molecule has 0 aliphatic heterocycles. The summed E-state index contributed by atoms with van der Waals surface area (Å²) < 4.78 is 7.75. The van der Waals surface area contributed by atoms with Gasteiger partial charge in [-0.25, -0.2) is 4.98 Å². The molecule has 0 bridgehead atoms. The maximum atomic E-state index is 12.6. The van der Waals surface area contributed by atoms with Crippen LogP contribution in [0.4, 0.5) is 0 Å². The molecule has 2 aromatic heterocycles. The first-order valence-corrected chi connectivity index (χ1v) is 8.68. The van der Waals surface area contributed by atoms with Gasteiger partial charge in [-0.1, -0.05) is 13.3 Å². The first-order chi connectivity index (χ1) is 11.6. The molecule has 2 heterocycles. The summed E-state index contributed by atoms with van der Waals surface area (Å²) in [6.07, 6.45) is 6.22. The standard InChI is InChI=1S/C18H25N3O3/c1-3-14-16(18(23)19-12(2)10-22)21-9-5-8-15(17(21)20-14)24-11-13-6-4-7-13/h5,8-9,12-13,22H,3-4,6-7,10-11H2,1-2H3,(H,19,23)/t12-/m0/s1. The van der Waals surface area contributed by atoms with E-state index >= 15 is 0 Å². The molecule has 3 rings (SSSR count). The number of nitrogens with zero attached hydrogens (tertiary/aromatic N) is 2. The molecule has 130 valence electrons. The normalized spacial score (nSPS) is 16.0. The number of pyridine rings is 1. The minimum Gasteiger partial charge on any atom is -0.489 e. The predicted molar refractivity (Wildman–Crippen MR) is 91.4 cm³/mol. The van der Waals surface area contributed by atoms with E-state index in [0.717, 1.165) is 5.69 Å². The minimum atomic E-state index is -0.300. The van der Waals surface area contributed by atoms with Crippen LogP contribution >= 0.6 is 0 Å². The van der Waals surface area contributed by atoms with E-state index < -0.39 is 0 Å². The Labute approximate surface area is 141 Å². The molecule has 1 aliphatic rings. The lowest BCUT2D eigenvalue weighted by Gasteiger charge is -2.25. The molecule has 24 heavy (non-hydrogen) atoms. The summed E-state index contributed by atoms with van der Waals surface area (Å²) in [7, 11) is 0. The second kappa shape index (κ2) is 7.21. The number of aliphatic hydroxyl groups is 1. The summed E-state index contributed by atoms with van der Waals surface area (Å²) in [6.45, 7) is 4.35. The number of aromatic nitrogens is 2. The van der Waals surface area contributed by atoms with Crippen LogP contribution in [-0.4, -0.2) is 39.7 Å². The Morgan fingerprint density at radius 3 is 2.96 bits per heavy atom. The van der Waals surface area contributed by atoms with Gasteiger partial charge in [0.25, 0.3) is 5.91 Å². The number of nitrogens with one attached hydrogen (secondary N) is 1. The van der Waals surface area contributed by atoms with Gasteiger partial charge in [-0.15, -0.1) is 0 Å². The maximum absolute atomic E-state index is 12.6. The van der Waals surface area contributed by atoms with Crippen LogP contribution in [0.25, 0.3) is 5.65 Å². The molecule has 1 fully saturated rings. The number of hydrogen-bond acceptors (Lipinski definition) is 4. The molecule has 1 aliphatic carbocycles. The average molecular weight is 331 g/mol. The number of aliphatic hydroxyl groups excluding tert-OH is 1. The average Bonchev–Trinajstić information content (AvgIpc) is 2.92. The van der Waals surface area contributed by atoms with E-state index in [2.05, 4.69) is 10.3 Å². The highest BCUT2D eigenvalue weighted by atomic mass is 16.5. The molecular weight excluding hydrogens is 306 g/mol. The van der Waals surface area contributed by atoms with Crippen molar-refractivity contribution in [3.63, 3.8) is 0 Å². The van der Waals surface area contributed by atoms with E-state index in [0.29, 0.717) is 36.0 Å². The van der Waals surface area contributed by atoms with Crippen molar-refractivity contribution >= 4 is 11.6 Å². The van der Waals surface area contributed by atoms with Crippen molar-refractivity contribution < 1.29 is 14.6 Å². The zero-order valence-electron chi connectivity index (χ0n) is 14.3. The highest BCUT2D eigenvalue weighted by molar-refractivity contribution is 5.95. The van der Waals surface area contributed by atoms with Gasteiger partial charge in [-0.05, 0) is 44.2 Å². The molecule has 0 saturated heterocycles.